The van der Waals surface area contributed by atoms with Gasteiger partial charge in [-0.05, 0) is 6.07 Å². The van der Waals surface area contributed by atoms with Gasteiger partial charge in [-0.1, -0.05) is 0 Å². The van der Waals surface area contributed by atoms with E-state index in [-0.39, 0.29) is 17.6 Å². The molecule has 0 bridgehead atoms. The van der Waals surface area contributed by atoms with Crippen LogP contribution in [0.15, 0.2) is 23.6 Å². The van der Waals surface area contributed by atoms with Gasteiger partial charge in [-0.3, -0.25) is 4.98 Å². The van der Waals surface area contributed by atoms with Gasteiger partial charge in [0.15, 0.2) is 5.82 Å². The molecule has 2 N–H and O–H groups in total. The number of sulfone groups is 1. The lowest BCUT2D eigenvalue weighted by Crippen LogP contribution is -2.11. The smallest absolute Gasteiger partial charge is 0.368 e. The lowest BCUT2D eigenvalue weighted by molar-refractivity contribution is -0.137. The maximum atomic E-state index is 13.1. The minimum atomic E-state index is -4.65. The van der Waals surface area contributed by atoms with Crippen LogP contribution in [0.5, 0.6) is 0 Å². The summed E-state index contributed by atoms with van der Waals surface area (Å²) in [6.45, 7) is 0. The standard InChI is InChI=1S/C11H8F3N7O2S/c1-24(22,23)10-18-8(15)21-9(19-10)17-7(20-21)5-4-16-3-2-6(5)11(12,13)14/h2-4H,1H3,(H2,15,17,18,19,20). The van der Waals surface area contributed by atoms with Crippen LogP contribution in [0.25, 0.3) is 17.2 Å². The summed E-state index contributed by atoms with van der Waals surface area (Å²) in [5, 5.41) is 3.20. The number of nitrogen functional groups attached to an aromatic ring is 1. The SMILES string of the molecule is CS(=O)(=O)c1nc(N)n2nc(-c3cnccc3C(F)(F)F)nc2n1. The molecule has 0 spiro atoms. The fourth-order valence-electron chi connectivity index (χ4n) is 1.89. The molecule has 0 atom stereocenters. The highest BCUT2D eigenvalue weighted by molar-refractivity contribution is 7.90. The Hall–Kier alpha value is -2.83. The van der Waals surface area contributed by atoms with Crippen LogP contribution >= 0.6 is 0 Å². The number of nitrogens with two attached hydrogens (primary N) is 1. The number of aromatic nitrogens is 6. The number of rotatable bonds is 2. The Balaban J connectivity index is 2.26. The highest BCUT2D eigenvalue weighted by atomic mass is 32.2. The number of halogens is 3. The number of anilines is 1. The van der Waals surface area contributed by atoms with Crippen LogP contribution in [-0.2, 0) is 16.0 Å². The molecular weight excluding hydrogens is 351 g/mol. The lowest BCUT2D eigenvalue weighted by atomic mass is 10.1. The fraction of sp³-hybridized carbons (Fsp3) is 0.182. The first-order valence-electron chi connectivity index (χ1n) is 6.19. The van der Waals surface area contributed by atoms with Crippen LogP contribution in [0.4, 0.5) is 19.1 Å². The molecule has 3 heterocycles. The molecule has 0 aliphatic carbocycles. The fourth-order valence-corrected chi connectivity index (χ4v) is 2.39. The summed E-state index contributed by atoms with van der Waals surface area (Å²) >= 11 is 0. The molecule has 0 saturated carbocycles. The minimum absolute atomic E-state index is 0.296. The lowest BCUT2D eigenvalue weighted by Gasteiger charge is -2.09. The van der Waals surface area contributed by atoms with Gasteiger partial charge in [0.1, 0.15) is 0 Å². The third kappa shape index (κ3) is 2.73. The van der Waals surface area contributed by atoms with E-state index in [2.05, 4.69) is 25.0 Å². The summed E-state index contributed by atoms with van der Waals surface area (Å²) in [6.07, 6.45) is -1.86. The van der Waals surface area contributed by atoms with Gasteiger partial charge in [0.25, 0.3) is 10.9 Å². The second kappa shape index (κ2) is 5.09. The van der Waals surface area contributed by atoms with Crippen LogP contribution < -0.4 is 5.73 Å². The molecule has 24 heavy (non-hydrogen) atoms. The molecule has 0 aliphatic heterocycles. The average Bonchev–Trinajstić information content (AvgIpc) is 2.90. The molecule has 0 amide bonds. The molecule has 0 unspecified atom stereocenters. The first-order valence-corrected chi connectivity index (χ1v) is 8.08. The van der Waals surface area contributed by atoms with Crippen molar-refractivity contribution in [3.63, 3.8) is 0 Å². The summed E-state index contributed by atoms with van der Waals surface area (Å²) in [5.74, 6) is -1.03. The summed E-state index contributed by atoms with van der Waals surface area (Å²) < 4.78 is 63.0. The van der Waals surface area contributed by atoms with Gasteiger partial charge < -0.3 is 5.73 Å². The van der Waals surface area contributed by atoms with Crippen molar-refractivity contribution in [3.8, 4) is 11.4 Å². The zero-order valence-corrected chi connectivity index (χ0v) is 12.7. The van der Waals surface area contributed by atoms with Crippen LogP contribution in [0.3, 0.4) is 0 Å². The minimum Gasteiger partial charge on any atom is -0.368 e. The van der Waals surface area contributed by atoms with Crippen molar-refractivity contribution < 1.29 is 21.6 Å². The molecule has 3 rings (SSSR count). The molecule has 0 saturated heterocycles. The molecule has 0 aliphatic rings. The van der Waals surface area contributed by atoms with E-state index in [1.807, 2.05) is 0 Å². The van der Waals surface area contributed by atoms with Gasteiger partial charge in [-0.15, -0.1) is 5.10 Å². The number of pyridine rings is 1. The van der Waals surface area contributed by atoms with Gasteiger partial charge in [0.05, 0.1) is 11.1 Å². The van der Waals surface area contributed by atoms with Gasteiger partial charge >= 0.3 is 6.18 Å². The summed E-state index contributed by atoms with van der Waals surface area (Å²) in [5.41, 5.74) is 4.19. The second-order valence-corrected chi connectivity index (χ2v) is 6.61. The van der Waals surface area contributed by atoms with Crippen molar-refractivity contribution in [2.75, 3.05) is 12.0 Å². The molecule has 0 radical (unpaired) electrons. The molecule has 13 heteroatoms. The highest BCUT2D eigenvalue weighted by Crippen LogP contribution is 2.35. The Morgan fingerprint density at radius 2 is 1.92 bits per heavy atom. The zero-order valence-electron chi connectivity index (χ0n) is 11.9. The predicted molar refractivity (Wildman–Crippen MR) is 74.3 cm³/mol. The van der Waals surface area contributed by atoms with E-state index in [0.29, 0.717) is 0 Å². The molecule has 126 valence electrons. The van der Waals surface area contributed by atoms with Crippen LogP contribution in [0, 0.1) is 0 Å². The Morgan fingerprint density at radius 1 is 1.21 bits per heavy atom. The molecule has 3 aromatic heterocycles. The van der Waals surface area contributed by atoms with Crippen molar-refractivity contribution in [1.29, 1.82) is 0 Å². The summed E-state index contributed by atoms with van der Waals surface area (Å²) in [4.78, 5) is 14.6. The van der Waals surface area contributed by atoms with Crippen molar-refractivity contribution in [2.24, 2.45) is 0 Å². The first-order chi connectivity index (χ1) is 11.1. The van der Waals surface area contributed by atoms with E-state index in [1.165, 1.54) is 0 Å². The van der Waals surface area contributed by atoms with Crippen molar-refractivity contribution in [3.05, 3.63) is 24.0 Å². The van der Waals surface area contributed by atoms with Gasteiger partial charge in [0, 0.05) is 18.6 Å². The van der Waals surface area contributed by atoms with E-state index in [9.17, 15) is 21.6 Å². The van der Waals surface area contributed by atoms with Crippen LogP contribution in [0.1, 0.15) is 5.56 Å². The maximum absolute atomic E-state index is 13.1. The van der Waals surface area contributed by atoms with Gasteiger partial charge in [0.2, 0.25) is 15.8 Å². The van der Waals surface area contributed by atoms with E-state index in [0.717, 1.165) is 29.2 Å². The number of nitrogens with zero attached hydrogens (tertiary/aromatic N) is 6. The van der Waals surface area contributed by atoms with E-state index < -0.39 is 32.3 Å². The number of hydrogen-bond acceptors (Lipinski definition) is 8. The van der Waals surface area contributed by atoms with Crippen molar-refractivity contribution >= 4 is 21.6 Å². The largest absolute Gasteiger partial charge is 0.417 e. The topological polar surface area (TPSA) is 129 Å². The highest BCUT2D eigenvalue weighted by Gasteiger charge is 2.35. The normalized spacial score (nSPS) is 12.7. The van der Waals surface area contributed by atoms with Crippen molar-refractivity contribution in [2.45, 2.75) is 11.3 Å². The molecule has 0 fully saturated rings. The maximum Gasteiger partial charge on any atom is 0.417 e. The summed E-state index contributed by atoms with van der Waals surface area (Å²) in [6, 6.07) is 0.776. The Labute approximate surface area is 132 Å². The monoisotopic (exact) mass is 359 g/mol. The predicted octanol–water partition coefficient (Wildman–Crippen LogP) is 0.586. The quantitative estimate of drug-likeness (QED) is 0.704. The number of alkyl halides is 3. The Morgan fingerprint density at radius 3 is 2.54 bits per heavy atom. The number of hydrogen-bond donors (Lipinski definition) is 1. The molecule has 3 aromatic rings. The first kappa shape index (κ1) is 16.0. The molecule has 0 aromatic carbocycles. The molecular formula is C11H8F3N7O2S. The van der Waals surface area contributed by atoms with Crippen molar-refractivity contribution in [1.82, 2.24) is 29.5 Å². The Bertz CT molecular complexity index is 1050. The van der Waals surface area contributed by atoms with E-state index >= 15 is 0 Å². The third-order valence-corrected chi connectivity index (χ3v) is 3.76. The van der Waals surface area contributed by atoms with Gasteiger partial charge in [-0.25, -0.2) is 8.42 Å². The second-order valence-electron chi connectivity index (χ2n) is 4.70. The van der Waals surface area contributed by atoms with Crippen LogP contribution in [-0.4, -0.2) is 44.2 Å². The molecule has 9 nitrogen and oxygen atoms in total. The van der Waals surface area contributed by atoms with Gasteiger partial charge in [-0.2, -0.15) is 32.6 Å². The zero-order chi connectivity index (χ0) is 17.7. The van der Waals surface area contributed by atoms with E-state index in [1.54, 1.807) is 0 Å². The third-order valence-electron chi connectivity index (χ3n) is 2.91. The van der Waals surface area contributed by atoms with Crippen LogP contribution in [0.2, 0.25) is 0 Å². The average molecular weight is 359 g/mol. The van der Waals surface area contributed by atoms with E-state index in [4.69, 9.17) is 5.73 Å². The number of fused-ring (bicyclic) bond motifs is 1. The summed E-state index contributed by atoms with van der Waals surface area (Å²) in [7, 11) is -3.78. The Kier molecular flexibility index (Phi) is 3.40.